The number of rotatable bonds is 4. The van der Waals surface area contributed by atoms with Crippen LogP contribution in [0.1, 0.15) is 24.3 Å². The number of nitrogens with one attached hydrogen (secondary N) is 1. The first-order valence-corrected chi connectivity index (χ1v) is 8.78. The summed E-state index contributed by atoms with van der Waals surface area (Å²) in [6.07, 6.45) is 1.47. The van der Waals surface area contributed by atoms with Gasteiger partial charge in [0.25, 0.3) is 5.91 Å². The number of nitrogens with zero attached hydrogens (tertiary/aromatic N) is 2. The Hall–Kier alpha value is -2.11. The molecule has 3 rings (SSSR count). The molecule has 0 bridgehead atoms. The molecule has 122 valence electrons. The maximum atomic E-state index is 12.5. The molecule has 0 saturated carbocycles. The minimum Gasteiger partial charge on any atom is -0.321 e. The second-order valence-corrected chi connectivity index (χ2v) is 7.48. The van der Waals surface area contributed by atoms with Gasteiger partial charge in [0, 0.05) is 10.9 Å². The van der Waals surface area contributed by atoms with Crippen LogP contribution in [0, 0.1) is 0 Å². The number of fused-ring (bicyclic) bond motifs is 1. The van der Waals surface area contributed by atoms with Crippen LogP contribution in [0.2, 0.25) is 5.02 Å². The molecule has 0 unspecified atom stereocenters. The summed E-state index contributed by atoms with van der Waals surface area (Å²) in [5.41, 5.74) is 0.884. The number of halogens is 1. The number of aromatic nitrogens is 2. The molecule has 0 fully saturated rings. The molecule has 3 aromatic rings. The molecule has 0 aliphatic rings. The van der Waals surface area contributed by atoms with Gasteiger partial charge in [-0.2, -0.15) is 0 Å². The van der Waals surface area contributed by atoms with Crippen molar-refractivity contribution in [1.82, 2.24) is 9.97 Å². The average Bonchev–Trinajstić information content (AvgIpc) is 2.56. The van der Waals surface area contributed by atoms with Gasteiger partial charge in [-0.3, -0.25) is 4.79 Å². The van der Waals surface area contributed by atoms with Gasteiger partial charge in [0.15, 0.2) is 10.9 Å². The summed E-state index contributed by atoms with van der Waals surface area (Å²) in [5, 5.41) is 6.12. The molecule has 1 N–H and O–H groups in total. The number of carbonyl (C=O) groups is 1. The van der Waals surface area contributed by atoms with E-state index < -0.39 is 0 Å². The van der Waals surface area contributed by atoms with Crippen LogP contribution in [0.5, 0.6) is 0 Å². The molecule has 1 amide bonds. The van der Waals surface area contributed by atoms with Gasteiger partial charge in [-0.05, 0) is 22.9 Å². The molecule has 0 radical (unpaired) electrons. The van der Waals surface area contributed by atoms with Crippen LogP contribution in [0.4, 0.5) is 5.69 Å². The Kier molecular flexibility index (Phi) is 5.02. The Bertz CT molecular complexity index is 898. The van der Waals surface area contributed by atoms with Gasteiger partial charge in [0.2, 0.25) is 0 Å². The highest BCUT2D eigenvalue weighted by molar-refractivity contribution is 7.99. The number of hydrogen-bond acceptors (Lipinski definition) is 4. The van der Waals surface area contributed by atoms with Crippen LogP contribution in [0.3, 0.4) is 0 Å². The van der Waals surface area contributed by atoms with Crippen molar-refractivity contribution in [2.45, 2.75) is 24.3 Å². The second-order valence-electron chi connectivity index (χ2n) is 5.53. The van der Waals surface area contributed by atoms with E-state index in [2.05, 4.69) is 15.3 Å². The lowest BCUT2D eigenvalue weighted by Gasteiger charge is -2.09. The van der Waals surface area contributed by atoms with Crippen LogP contribution >= 0.6 is 23.4 Å². The monoisotopic (exact) mass is 357 g/mol. The van der Waals surface area contributed by atoms with Gasteiger partial charge in [-0.15, -0.1) is 0 Å². The maximum Gasteiger partial charge on any atom is 0.275 e. The number of thioether (sulfide) groups is 1. The molecule has 0 spiro atoms. The number of carbonyl (C=O) groups excluding carboxylic acids is 1. The zero-order valence-corrected chi connectivity index (χ0v) is 14.9. The van der Waals surface area contributed by atoms with Gasteiger partial charge in [0.1, 0.15) is 0 Å². The summed E-state index contributed by atoms with van der Waals surface area (Å²) in [4.78, 5) is 20.9. The van der Waals surface area contributed by atoms with Gasteiger partial charge in [0.05, 0.1) is 11.2 Å². The smallest absolute Gasteiger partial charge is 0.275 e. The first-order chi connectivity index (χ1) is 11.5. The highest BCUT2D eigenvalue weighted by Gasteiger charge is 2.15. The lowest BCUT2D eigenvalue weighted by molar-refractivity contribution is 0.102. The average molecular weight is 358 g/mol. The van der Waals surface area contributed by atoms with Gasteiger partial charge < -0.3 is 5.32 Å². The van der Waals surface area contributed by atoms with E-state index in [0.717, 1.165) is 10.8 Å². The Labute approximate surface area is 149 Å². The summed E-state index contributed by atoms with van der Waals surface area (Å²) in [7, 11) is 0. The van der Waals surface area contributed by atoms with Crippen LogP contribution in [-0.4, -0.2) is 21.1 Å². The minimum absolute atomic E-state index is 0.183. The summed E-state index contributed by atoms with van der Waals surface area (Å²) in [6, 6.07) is 13.7. The van der Waals surface area contributed by atoms with Crippen molar-refractivity contribution < 1.29 is 4.79 Å². The fourth-order valence-corrected chi connectivity index (χ4v) is 3.09. The SMILES string of the molecule is CC(C)Sc1ncc(Cl)c(C(=O)Nc2ccc3ccccc3c2)n1. The van der Waals surface area contributed by atoms with Gasteiger partial charge >= 0.3 is 0 Å². The molecule has 0 saturated heterocycles. The van der Waals surface area contributed by atoms with E-state index in [4.69, 9.17) is 11.6 Å². The lowest BCUT2D eigenvalue weighted by Crippen LogP contribution is -2.15. The van der Waals surface area contributed by atoms with Crippen LogP contribution in [0.15, 0.2) is 53.8 Å². The molecule has 1 heterocycles. The summed E-state index contributed by atoms with van der Waals surface area (Å²) in [6.45, 7) is 4.08. The molecule has 4 nitrogen and oxygen atoms in total. The van der Waals surface area contributed by atoms with E-state index in [-0.39, 0.29) is 16.6 Å². The standard InChI is InChI=1S/C18H16ClN3OS/c1-11(2)24-18-20-10-15(19)16(22-18)17(23)21-14-8-7-12-5-3-4-6-13(12)9-14/h3-11H,1-2H3,(H,21,23). The summed E-state index contributed by atoms with van der Waals surface area (Å²) in [5.74, 6) is -0.344. The minimum atomic E-state index is -0.344. The summed E-state index contributed by atoms with van der Waals surface area (Å²) >= 11 is 7.58. The Morgan fingerprint density at radius 2 is 1.92 bits per heavy atom. The Morgan fingerprint density at radius 3 is 2.67 bits per heavy atom. The zero-order valence-electron chi connectivity index (χ0n) is 13.3. The van der Waals surface area contributed by atoms with E-state index in [1.54, 1.807) is 0 Å². The first-order valence-electron chi connectivity index (χ1n) is 7.52. The van der Waals surface area contributed by atoms with E-state index in [9.17, 15) is 4.79 Å². The highest BCUT2D eigenvalue weighted by Crippen LogP contribution is 2.23. The topological polar surface area (TPSA) is 54.9 Å². The third-order valence-electron chi connectivity index (χ3n) is 3.29. The third kappa shape index (κ3) is 3.86. The van der Waals surface area contributed by atoms with Gasteiger partial charge in [-0.1, -0.05) is 67.5 Å². The third-order valence-corrected chi connectivity index (χ3v) is 4.44. The van der Waals surface area contributed by atoms with Crippen molar-refractivity contribution in [2.24, 2.45) is 0 Å². The maximum absolute atomic E-state index is 12.5. The fourth-order valence-electron chi connectivity index (χ4n) is 2.24. The van der Waals surface area contributed by atoms with E-state index >= 15 is 0 Å². The van der Waals surface area contributed by atoms with Crippen molar-refractivity contribution >= 4 is 45.7 Å². The van der Waals surface area contributed by atoms with Crippen molar-refractivity contribution in [3.05, 3.63) is 59.4 Å². The molecule has 0 atom stereocenters. The van der Waals surface area contributed by atoms with E-state index in [1.165, 1.54) is 18.0 Å². The quantitative estimate of drug-likeness (QED) is 0.525. The molecule has 0 aliphatic carbocycles. The van der Waals surface area contributed by atoms with E-state index in [1.807, 2.05) is 56.3 Å². The van der Waals surface area contributed by atoms with Crippen molar-refractivity contribution in [3.8, 4) is 0 Å². The molecule has 0 aliphatic heterocycles. The molecule has 1 aromatic heterocycles. The van der Waals surface area contributed by atoms with Gasteiger partial charge in [-0.25, -0.2) is 9.97 Å². The lowest BCUT2D eigenvalue weighted by atomic mass is 10.1. The fraction of sp³-hybridized carbons (Fsp3) is 0.167. The zero-order chi connectivity index (χ0) is 17.1. The van der Waals surface area contributed by atoms with Crippen LogP contribution < -0.4 is 5.32 Å². The highest BCUT2D eigenvalue weighted by atomic mass is 35.5. The Morgan fingerprint density at radius 1 is 1.17 bits per heavy atom. The number of hydrogen-bond donors (Lipinski definition) is 1. The van der Waals surface area contributed by atoms with Crippen molar-refractivity contribution in [1.29, 1.82) is 0 Å². The molecule has 2 aromatic carbocycles. The predicted octanol–water partition coefficient (Wildman–Crippen LogP) is 5.04. The first kappa shape index (κ1) is 16.7. The summed E-state index contributed by atoms with van der Waals surface area (Å²) < 4.78 is 0. The number of anilines is 1. The largest absolute Gasteiger partial charge is 0.321 e. The van der Waals surface area contributed by atoms with Crippen LogP contribution in [0.25, 0.3) is 10.8 Å². The molecule has 24 heavy (non-hydrogen) atoms. The molecule has 6 heteroatoms. The van der Waals surface area contributed by atoms with Crippen LogP contribution in [-0.2, 0) is 0 Å². The number of amides is 1. The molecular weight excluding hydrogens is 342 g/mol. The van der Waals surface area contributed by atoms with E-state index in [0.29, 0.717) is 16.1 Å². The second kappa shape index (κ2) is 7.20. The molecular formula is C18H16ClN3OS. The predicted molar refractivity (Wildman–Crippen MR) is 99.9 cm³/mol. The number of benzene rings is 2. The Balaban J connectivity index is 1.85. The normalized spacial score (nSPS) is 11.0. The van der Waals surface area contributed by atoms with Crippen molar-refractivity contribution in [3.63, 3.8) is 0 Å². The van der Waals surface area contributed by atoms with Crippen molar-refractivity contribution in [2.75, 3.05) is 5.32 Å².